The monoisotopic (exact) mass is 337 g/mol. The molecule has 7 nitrogen and oxygen atoms in total. The molecule has 4 N–H and O–H groups in total. The van der Waals surface area contributed by atoms with Crippen molar-refractivity contribution >= 4 is 17.7 Å². The molecule has 3 unspecified atom stereocenters. The fourth-order valence-electron chi connectivity index (χ4n) is 3.24. The number of nitrogens with one attached hydrogen (secondary N) is 1. The van der Waals surface area contributed by atoms with Gasteiger partial charge in [-0.25, -0.2) is 9.18 Å². The third-order valence-corrected chi connectivity index (χ3v) is 4.89. The standard InChI is InChI=1S/C16H20FN3O4/c1-16(14(18)22,13-7-19-15(23)24-13)9-2-3-12(11(17)6-9)20-5-4-10(21)8-20/h2-3,6,10,13,21H,4-5,7-8H2,1H3,(H2,18,22)(H,19,23). The second kappa shape index (κ2) is 5.94. The Kier molecular flexibility index (Phi) is 4.08. The molecule has 3 rings (SSSR count). The Morgan fingerprint density at radius 1 is 1.54 bits per heavy atom. The molecule has 1 aromatic carbocycles. The molecule has 0 aromatic heterocycles. The lowest BCUT2D eigenvalue weighted by Crippen LogP contribution is -2.49. The van der Waals surface area contributed by atoms with Crippen LogP contribution in [0.15, 0.2) is 18.2 Å². The Bertz CT molecular complexity index is 683. The number of benzene rings is 1. The maximum absolute atomic E-state index is 14.6. The van der Waals surface area contributed by atoms with Crippen molar-refractivity contribution in [1.82, 2.24) is 5.32 Å². The van der Waals surface area contributed by atoms with E-state index in [-0.39, 0.29) is 6.54 Å². The smallest absolute Gasteiger partial charge is 0.407 e. The highest BCUT2D eigenvalue weighted by molar-refractivity contribution is 5.88. The summed E-state index contributed by atoms with van der Waals surface area (Å²) in [5.74, 6) is -1.21. The Morgan fingerprint density at radius 3 is 2.79 bits per heavy atom. The number of primary amides is 1. The summed E-state index contributed by atoms with van der Waals surface area (Å²) in [7, 11) is 0. The van der Waals surface area contributed by atoms with Crippen molar-refractivity contribution in [2.24, 2.45) is 5.73 Å². The highest BCUT2D eigenvalue weighted by Gasteiger charge is 2.47. The van der Waals surface area contributed by atoms with Crippen LogP contribution in [-0.4, -0.2) is 48.9 Å². The van der Waals surface area contributed by atoms with Crippen LogP contribution in [0.2, 0.25) is 0 Å². The molecule has 2 aliphatic rings. The number of carbonyl (C=O) groups is 2. The van der Waals surface area contributed by atoms with E-state index in [2.05, 4.69) is 5.32 Å². The number of ether oxygens (including phenoxy) is 1. The van der Waals surface area contributed by atoms with Crippen molar-refractivity contribution in [3.05, 3.63) is 29.6 Å². The van der Waals surface area contributed by atoms with Gasteiger partial charge in [0.25, 0.3) is 0 Å². The lowest BCUT2D eigenvalue weighted by molar-refractivity contribution is -0.126. The van der Waals surface area contributed by atoms with Crippen LogP contribution >= 0.6 is 0 Å². The number of rotatable bonds is 4. The number of cyclic esters (lactones) is 1. The van der Waals surface area contributed by atoms with Gasteiger partial charge in [-0.15, -0.1) is 0 Å². The molecular formula is C16H20FN3O4. The summed E-state index contributed by atoms with van der Waals surface area (Å²) in [5.41, 5.74) is 4.90. The van der Waals surface area contributed by atoms with Crippen molar-refractivity contribution < 1.29 is 23.8 Å². The number of alkyl carbamates (subject to hydrolysis) is 1. The zero-order valence-corrected chi connectivity index (χ0v) is 13.3. The van der Waals surface area contributed by atoms with Gasteiger partial charge in [0.2, 0.25) is 5.91 Å². The number of anilines is 1. The first-order valence-corrected chi connectivity index (χ1v) is 7.80. The van der Waals surface area contributed by atoms with Crippen molar-refractivity contribution in [2.45, 2.75) is 31.0 Å². The summed E-state index contributed by atoms with van der Waals surface area (Å²) in [4.78, 5) is 25.1. The fourth-order valence-corrected chi connectivity index (χ4v) is 3.24. The quantitative estimate of drug-likeness (QED) is 0.730. The molecule has 3 atom stereocenters. The Hall–Kier alpha value is -2.35. The third kappa shape index (κ3) is 2.66. The van der Waals surface area contributed by atoms with Crippen LogP contribution in [0.4, 0.5) is 14.9 Å². The van der Waals surface area contributed by atoms with E-state index in [1.807, 2.05) is 0 Å². The Labute approximate surface area is 138 Å². The number of carbonyl (C=O) groups excluding carboxylic acids is 2. The second-order valence-corrected chi connectivity index (χ2v) is 6.40. The second-order valence-electron chi connectivity index (χ2n) is 6.40. The van der Waals surface area contributed by atoms with Crippen molar-refractivity contribution in [1.29, 1.82) is 0 Å². The van der Waals surface area contributed by atoms with Crippen LogP contribution in [0.1, 0.15) is 18.9 Å². The summed E-state index contributed by atoms with van der Waals surface area (Å²) < 4.78 is 19.7. The third-order valence-electron chi connectivity index (χ3n) is 4.89. The van der Waals surface area contributed by atoms with E-state index in [0.717, 1.165) is 0 Å². The Balaban J connectivity index is 1.93. The minimum atomic E-state index is -1.34. The van der Waals surface area contributed by atoms with Crippen LogP contribution in [0, 0.1) is 5.82 Å². The summed E-state index contributed by atoms with van der Waals surface area (Å²) in [5, 5.41) is 12.1. The maximum Gasteiger partial charge on any atom is 0.407 e. The topological polar surface area (TPSA) is 105 Å². The van der Waals surface area contributed by atoms with Gasteiger partial charge in [-0.05, 0) is 31.0 Å². The zero-order valence-electron chi connectivity index (χ0n) is 13.3. The van der Waals surface area contributed by atoms with Crippen molar-refractivity contribution in [2.75, 3.05) is 24.5 Å². The van der Waals surface area contributed by atoms with Gasteiger partial charge >= 0.3 is 6.09 Å². The minimum Gasteiger partial charge on any atom is -0.443 e. The van der Waals surface area contributed by atoms with Gasteiger partial charge in [0.15, 0.2) is 0 Å². The van der Waals surface area contributed by atoms with E-state index in [9.17, 15) is 19.1 Å². The van der Waals surface area contributed by atoms with Crippen LogP contribution in [-0.2, 0) is 14.9 Å². The molecule has 2 saturated heterocycles. The highest BCUT2D eigenvalue weighted by Crippen LogP contribution is 2.34. The van der Waals surface area contributed by atoms with Crippen molar-refractivity contribution in [3.63, 3.8) is 0 Å². The molecule has 130 valence electrons. The van der Waals surface area contributed by atoms with Gasteiger partial charge < -0.3 is 25.8 Å². The SMILES string of the molecule is CC(C(N)=O)(c1ccc(N2CCC(O)C2)c(F)c1)C1CNC(=O)O1. The molecule has 0 bridgehead atoms. The zero-order chi connectivity index (χ0) is 17.5. The van der Waals surface area contributed by atoms with Gasteiger partial charge in [0.1, 0.15) is 17.3 Å². The van der Waals surface area contributed by atoms with E-state index in [4.69, 9.17) is 10.5 Å². The minimum absolute atomic E-state index is 0.125. The van der Waals surface area contributed by atoms with Gasteiger partial charge in [-0.3, -0.25) is 4.79 Å². The number of hydrogen-bond acceptors (Lipinski definition) is 5. The van der Waals surface area contributed by atoms with Gasteiger partial charge in [-0.2, -0.15) is 0 Å². The molecule has 0 aliphatic carbocycles. The van der Waals surface area contributed by atoms with E-state index in [1.54, 1.807) is 17.0 Å². The number of hydrogen-bond donors (Lipinski definition) is 3. The molecule has 2 amide bonds. The fraction of sp³-hybridized carbons (Fsp3) is 0.500. The number of aliphatic hydroxyl groups excluding tert-OH is 1. The maximum atomic E-state index is 14.6. The molecule has 2 aliphatic heterocycles. The normalized spacial score (nSPS) is 26.0. The largest absolute Gasteiger partial charge is 0.443 e. The average molecular weight is 337 g/mol. The van der Waals surface area contributed by atoms with E-state index < -0.39 is 35.4 Å². The summed E-state index contributed by atoms with van der Waals surface area (Å²) in [6.07, 6.45) is -1.31. The predicted molar refractivity (Wildman–Crippen MR) is 84.1 cm³/mol. The van der Waals surface area contributed by atoms with Crippen LogP contribution in [0.3, 0.4) is 0 Å². The molecule has 0 radical (unpaired) electrons. The summed E-state index contributed by atoms with van der Waals surface area (Å²) >= 11 is 0. The lowest BCUT2D eigenvalue weighted by atomic mass is 9.76. The Morgan fingerprint density at radius 2 is 2.29 bits per heavy atom. The lowest BCUT2D eigenvalue weighted by Gasteiger charge is -2.31. The highest BCUT2D eigenvalue weighted by atomic mass is 19.1. The molecular weight excluding hydrogens is 317 g/mol. The average Bonchev–Trinajstić information content (AvgIpc) is 3.15. The van der Waals surface area contributed by atoms with Crippen LogP contribution < -0.4 is 16.0 Å². The number of β-amino-alcohol motifs (C(OH)–C–C–N with tert-alkyl or cyclic N) is 1. The first kappa shape index (κ1) is 16.5. The number of nitrogens with two attached hydrogens (primary N) is 1. The first-order chi connectivity index (χ1) is 11.3. The van der Waals surface area contributed by atoms with Crippen LogP contribution in [0.25, 0.3) is 0 Å². The number of nitrogens with zero attached hydrogens (tertiary/aromatic N) is 1. The first-order valence-electron chi connectivity index (χ1n) is 7.80. The number of amides is 2. The molecule has 0 saturated carbocycles. The van der Waals surface area contributed by atoms with Gasteiger partial charge in [0, 0.05) is 13.1 Å². The number of aliphatic hydroxyl groups is 1. The molecule has 24 heavy (non-hydrogen) atoms. The molecule has 2 fully saturated rings. The molecule has 2 heterocycles. The van der Waals surface area contributed by atoms with E-state index in [1.165, 1.54) is 13.0 Å². The molecule has 1 aromatic rings. The molecule has 0 spiro atoms. The number of halogens is 1. The van der Waals surface area contributed by atoms with E-state index >= 15 is 0 Å². The summed E-state index contributed by atoms with van der Waals surface area (Å²) in [6, 6.07) is 4.42. The van der Waals surface area contributed by atoms with Crippen LogP contribution in [0.5, 0.6) is 0 Å². The van der Waals surface area contributed by atoms with Crippen molar-refractivity contribution in [3.8, 4) is 0 Å². The van der Waals surface area contributed by atoms with Gasteiger partial charge in [0.05, 0.1) is 18.3 Å². The van der Waals surface area contributed by atoms with E-state index in [0.29, 0.717) is 30.8 Å². The van der Waals surface area contributed by atoms with Gasteiger partial charge in [-0.1, -0.05) is 6.07 Å². The predicted octanol–water partition coefficient (Wildman–Crippen LogP) is 0.248. The summed E-state index contributed by atoms with van der Waals surface area (Å²) in [6.45, 7) is 2.59. The molecule has 8 heteroatoms.